The van der Waals surface area contributed by atoms with Crippen molar-refractivity contribution in [3.8, 4) is 0 Å². The summed E-state index contributed by atoms with van der Waals surface area (Å²) in [5.41, 5.74) is 0.637. The van der Waals surface area contributed by atoms with Crippen molar-refractivity contribution >= 4 is 21.6 Å². The van der Waals surface area contributed by atoms with Crippen LogP contribution in [0.4, 0.5) is 10.1 Å². The van der Waals surface area contributed by atoms with Gasteiger partial charge in [-0.2, -0.15) is 0 Å². The van der Waals surface area contributed by atoms with Crippen molar-refractivity contribution in [2.75, 3.05) is 44.1 Å². The van der Waals surface area contributed by atoms with Crippen molar-refractivity contribution < 1.29 is 22.3 Å². The molecule has 0 unspecified atom stereocenters. The van der Waals surface area contributed by atoms with Gasteiger partial charge in [0.2, 0.25) is 5.91 Å². The lowest BCUT2D eigenvalue weighted by Gasteiger charge is -2.26. The highest BCUT2D eigenvalue weighted by Crippen LogP contribution is 2.48. The summed E-state index contributed by atoms with van der Waals surface area (Å²) in [5.74, 6) is -0.794. The molecule has 0 atom stereocenters. The monoisotopic (exact) mass is 461 g/mol. The van der Waals surface area contributed by atoms with Crippen LogP contribution >= 0.6 is 0 Å². The maximum Gasteiger partial charge on any atom is 0.264 e. The van der Waals surface area contributed by atoms with Gasteiger partial charge in [-0.3, -0.25) is 14.4 Å². The van der Waals surface area contributed by atoms with E-state index in [2.05, 4.69) is 14.9 Å². The SMILES string of the molecule is O=C(NCCCN1CCOCC1)C1(c2ccc(NS(=O)(=O)c3ccccc3F)cc2)CC1. The van der Waals surface area contributed by atoms with E-state index in [1.165, 1.54) is 18.2 Å². The molecule has 32 heavy (non-hydrogen) atoms. The van der Waals surface area contributed by atoms with E-state index in [1.807, 2.05) is 0 Å². The minimum atomic E-state index is -4.03. The van der Waals surface area contributed by atoms with Gasteiger partial charge in [-0.1, -0.05) is 24.3 Å². The number of carbonyl (C=O) groups excluding carboxylic acids is 1. The Morgan fingerprint density at radius 2 is 1.75 bits per heavy atom. The maximum atomic E-state index is 13.9. The van der Waals surface area contributed by atoms with Gasteiger partial charge >= 0.3 is 0 Å². The van der Waals surface area contributed by atoms with Crippen LogP contribution in [0.25, 0.3) is 0 Å². The van der Waals surface area contributed by atoms with Crippen molar-refractivity contribution in [3.63, 3.8) is 0 Å². The van der Waals surface area contributed by atoms with Crippen LogP contribution in [0, 0.1) is 5.82 Å². The lowest BCUT2D eigenvalue weighted by molar-refractivity contribution is -0.123. The number of benzene rings is 2. The summed E-state index contributed by atoms with van der Waals surface area (Å²) in [6.45, 7) is 4.96. The number of nitrogens with zero attached hydrogens (tertiary/aromatic N) is 1. The third-order valence-electron chi connectivity index (χ3n) is 6.04. The average molecular weight is 462 g/mol. The summed E-state index contributed by atoms with van der Waals surface area (Å²) in [4.78, 5) is 14.8. The highest BCUT2D eigenvalue weighted by molar-refractivity contribution is 7.92. The summed E-state index contributed by atoms with van der Waals surface area (Å²) in [6, 6.07) is 12.0. The molecule has 1 aliphatic heterocycles. The zero-order valence-electron chi connectivity index (χ0n) is 17.8. The Balaban J connectivity index is 1.33. The predicted molar refractivity (Wildman–Crippen MR) is 119 cm³/mol. The summed E-state index contributed by atoms with van der Waals surface area (Å²) in [5, 5.41) is 3.05. The molecule has 1 saturated heterocycles. The van der Waals surface area contributed by atoms with E-state index in [0.29, 0.717) is 12.2 Å². The number of hydrogen-bond donors (Lipinski definition) is 2. The molecule has 1 heterocycles. The first-order valence-corrected chi connectivity index (χ1v) is 12.4. The number of halogens is 1. The van der Waals surface area contributed by atoms with E-state index in [1.54, 1.807) is 24.3 Å². The Hall–Kier alpha value is -2.49. The van der Waals surface area contributed by atoms with Crippen LogP contribution in [0.5, 0.6) is 0 Å². The molecular weight excluding hydrogens is 433 g/mol. The highest BCUT2D eigenvalue weighted by atomic mass is 32.2. The van der Waals surface area contributed by atoms with Crippen LogP contribution in [0.2, 0.25) is 0 Å². The zero-order valence-corrected chi connectivity index (χ0v) is 18.7. The van der Waals surface area contributed by atoms with Crippen LogP contribution in [0.3, 0.4) is 0 Å². The molecule has 0 bridgehead atoms. The number of nitrogens with one attached hydrogen (secondary N) is 2. The van der Waals surface area contributed by atoms with Gasteiger partial charge in [0.15, 0.2) is 0 Å². The predicted octanol–water partition coefficient (Wildman–Crippen LogP) is 2.50. The first-order valence-electron chi connectivity index (χ1n) is 10.9. The number of amides is 1. The summed E-state index contributed by atoms with van der Waals surface area (Å²) in [7, 11) is -4.03. The summed E-state index contributed by atoms with van der Waals surface area (Å²) < 4.78 is 46.5. The van der Waals surface area contributed by atoms with Crippen LogP contribution < -0.4 is 10.0 Å². The Morgan fingerprint density at radius 1 is 1.06 bits per heavy atom. The third kappa shape index (κ3) is 5.11. The van der Waals surface area contributed by atoms with Gasteiger partial charge in [0, 0.05) is 25.3 Å². The van der Waals surface area contributed by atoms with Crippen LogP contribution in [-0.4, -0.2) is 58.6 Å². The molecule has 7 nitrogen and oxygen atoms in total. The van der Waals surface area contributed by atoms with Gasteiger partial charge < -0.3 is 10.1 Å². The molecule has 2 aromatic rings. The molecule has 2 aliphatic rings. The molecule has 0 spiro atoms. The second-order valence-corrected chi connectivity index (χ2v) is 9.91. The van der Waals surface area contributed by atoms with Crippen molar-refractivity contribution in [2.45, 2.75) is 29.6 Å². The molecule has 0 aromatic heterocycles. The Labute approximate surface area is 188 Å². The summed E-state index contributed by atoms with van der Waals surface area (Å²) >= 11 is 0. The molecule has 1 aliphatic carbocycles. The van der Waals surface area contributed by atoms with E-state index < -0.39 is 26.2 Å². The number of carbonyl (C=O) groups is 1. The molecule has 172 valence electrons. The second-order valence-electron chi connectivity index (χ2n) is 8.26. The van der Waals surface area contributed by atoms with Crippen molar-refractivity contribution in [1.29, 1.82) is 0 Å². The topological polar surface area (TPSA) is 87.7 Å². The lowest BCUT2D eigenvalue weighted by atomic mass is 9.95. The number of ether oxygens (including phenoxy) is 1. The zero-order chi connectivity index (χ0) is 22.6. The van der Waals surface area contributed by atoms with Gasteiger partial charge in [-0.05, 0) is 55.6 Å². The number of sulfonamides is 1. The van der Waals surface area contributed by atoms with Gasteiger partial charge in [-0.25, -0.2) is 12.8 Å². The van der Waals surface area contributed by atoms with Gasteiger partial charge in [0.05, 0.1) is 18.6 Å². The van der Waals surface area contributed by atoms with Crippen LogP contribution in [0.15, 0.2) is 53.4 Å². The highest BCUT2D eigenvalue weighted by Gasteiger charge is 2.51. The fraction of sp³-hybridized carbons (Fsp3) is 0.435. The molecule has 2 aromatic carbocycles. The van der Waals surface area contributed by atoms with Gasteiger partial charge in [-0.15, -0.1) is 0 Å². The Kier molecular flexibility index (Phi) is 6.78. The first kappa shape index (κ1) is 22.7. The number of morpholine rings is 1. The fourth-order valence-corrected chi connectivity index (χ4v) is 5.14. The van der Waals surface area contributed by atoms with E-state index in [0.717, 1.165) is 63.7 Å². The van der Waals surface area contributed by atoms with E-state index in [-0.39, 0.29) is 5.91 Å². The van der Waals surface area contributed by atoms with Crippen molar-refractivity contribution in [2.24, 2.45) is 0 Å². The normalized spacial score (nSPS) is 18.2. The lowest BCUT2D eigenvalue weighted by Crippen LogP contribution is -2.39. The van der Waals surface area contributed by atoms with Crippen molar-refractivity contribution in [1.82, 2.24) is 10.2 Å². The minimum absolute atomic E-state index is 0.0131. The first-order chi connectivity index (χ1) is 15.4. The number of rotatable bonds is 9. The number of hydrogen-bond acceptors (Lipinski definition) is 5. The maximum absolute atomic E-state index is 13.9. The molecule has 2 N–H and O–H groups in total. The fourth-order valence-electron chi connectivity index (χ4n) is 4.00. The number of anilines is 1. The molecular formula is C23H28FN3O4S. The average Bonchev–Trinajstić information content (AvgIpc) is 3.60. The van der Waals surface area contributed by atoms with Gasteiger partial charge in [0.25, 0.3) is 10.0 Å². The largest absolute Gasteiger partial charge is 0.379 e. The smallest absolute Gasteiger partial charge is 0.264 e. The standard InChI is InChI=1S/C23H28FN3O4S/c24-20-4-1-2-5-21(20)32(29,30)26-19-8-6-18(7-9-19)23(10-11-23)22(28)25-12-3-13-27-14-16-31-17-15-27/h1-2,4-9,26H,3,10-17H2,(H,25,28). The van der Waals surface area contributed by atoms with Crippen LogP contribution in [-0.2, 0) is 25.0 Å². The Morgan fingerprint density at radius 3 is 2.41 bits per heavy atom. The Bertz CT molecular complexity index is 1050. The van der Waals surface area contributed by atoms with Crippen molar-refractivity contribution in [3.05, 3.63) is 59.9 Å². The molecule has 4 rings (SSSR count). The minimum Gasteiger partial charge on any atom is -0.379 e. The van der Waals surface area contributed by atoms with Gasteiger partial charge in [0.1, 0.15) is 10.7 Å². The third-order valence-corrected chi connectivity index (χ3v) is 7.46. The summed E-state index contributed by atoms with van der Waals surface area (Å²) in [6.07, 6.45) is 2.42. The molecule has 1 amide bonds. The van der Waals surface area contributed by atoms with E-state index >= 15 is 0 Å². The second kappa shape index (κ2) is 9.56. The molecule has 2 fully saturated rings. The molecule has 9 heteroatoms. The van der Waals surface area contributed by atoms with Crippen LogP contribution in [0.1, 0.15) is 24.8 Å². The van der Waals surface area contributed by atoms with E-state index in [9.17, 15) is 17.6 Å². The molecule has 0 radical (unpaired) electrons. The molecule has 1 saturated carbocycles. The van der Waals surface area contributed by atoms with E-state index in [4.69, 9.17) is 4.74 Å². The quantitative estimate of drug-likeness (QED) is 0.561.